The standard InChI is InChI=1S/C11H20N4S/c1-3-6-12-9-4-5-10(7-9)16-11-13-8-14-15(11)2/h8-10,12H,3-7H2,1-2H3. The molecule has 2 rings (SSSR count). The molecule has 0 radical (unpaired) electrons. The third-order valence-electron chi connectivity index (χ3n) is 3.01. The van der Waals surface area contributed by atoms with Crippen LogP contribution in [0.4, 0.5) is 0 Å². The summed E-state index contributed by atoms with van der Waals surface area (Å²) >= 11 is 1.87. The molecule has 1 heterocycles. The lowest BCUT2D eigenvalue weighted by Gasteiger charge is -2.11. The molecule has 1 aliphatic rings. The highest BCUT2D eigenvalue weighted by atomic mass is 32.2. The Morgan fingerprint density at radius 2 is 2.44 bits per heavy atom. The molecule has 0 saturated heterocycles. The number of nitrogens with zero attached hydrogens (tertiary/aromatic N) is 3. The number of aromatic nitrogens is 3. The lowest BCUT2D eigenvalue weighted by molar-refractivity contribution is 0.524. The van der Waals surface area contributed by atoms with E-state index in [2.05, 4.69) is 22.3 Å². The summed E-state index contributed by atoms with van der Waals surface area (Å²) in [6.45, 7) is 3.36. The Balaban J connectivity index is 1.79. The molecule has 1 aromatic heterocycles. The van der Waals surface area contributed by atoms with Gasteiger partial charge in [-0.1, -0.05) is 18.7 Å². The fraction of sp³-hybridized carbons (Fsp3) is 0.818. The third kappa shape index (κ3) is 2.98. The van der Waals surface area contributed by atoms with E-state index in [9.17, 15) is 0 Å². The maximum atomic E-state index is 4.26. The maximum absolute atomic E-state index is 4.26. The van der Waals surface area contributed by atoms with Gasteiger partial charge < -0.3 is 5.32 Å². The number of hydrogen-bond acceptors (Lipinski definition) is 4. The molecule has 2 atom stereocenters. The van der Waals surface area contributed by atoms with Gasteiger partial charge in [0.15, 0.2) is 5.16 Å². The summed E-state index contributed by atoms with van der Waals surface area (Å²) in [6, 6.07) is 0.714. The van der Waals surface area contributed by atoms with Crippen LogP contribution < -0.4 is 5.32 Å². The molecule has 0 aromatic carbocycles. The quantitative estimate of drug-likeness (QED) is 0.852. The van der Waals surface area contributed by atoms with Gasteiger partial charge in [-0.2, -0.15) is 5.10 Å². The number of aryl methyl sites for hydroxylation is 1. The van der Waals surface area contributed by atoms with E-state index in [1.807, 2.05) is 23.5 Å². The first-order valence-electron chi connectivity index (χ1n) is 6.03. The van der Waals surface area contributed by atoms with Gasteiger partial charge in [0.25, 0.3) is 0 Å². The van der Waals surface area contributed by atoms with Crippen LogP contribution in [0.1, 0.15) is 32.6 Å². The van der Waals surface area contributed by atoms with E-state index in [0.717, 1.165) is 11.7 Å². The van der Waals surface area contributed by atoms with Crippen LogP contribution in [0, 0.1) is 0 Å². The van der Waals surface area contributed by atoms with Gasteiger partial charge in [-0.3, -0.25) is 0 Å². The van der Waals surface area contributed by atoms with Crippen molar-refractivity contribution in [3.05, 3.63) is 6.33 Å². The summed E-state index contributed by atoms with van der Waals surface area (Å²) in [7, 11) is 1.96. The molecular formula is C11H20N4S. The molecule has 1 fully saturated rings. The van der Waals surface area contributed by atoms with Crippen molar-refractivity contribution in [2.24, 2.45) is 7.05 Å². The van der Waals surface area contributed by atoms with Crippen LogP contribution in [0.2, 0.25) is 0 Å². The minimum atomic E-state index is 0.706. The average molecular weight is 240 g/mol. The first kappa shape index (κ1) is 11.9. The molecule has 0 amide bonds. The largest absolute Gasteiger partial charge is 0.314 e. The highest BCUT2D eigenvalue weighted by Gasteiger charge is 2.25. The van der Waals surface area contributed by atoms with Crippen LogP contribution in [0.15, 0.2) is 11.5 Å². The van der Waals surface area contributed by atoms with E-state index in [-0.39, 0.29) is 0 Å². The number of rotatable bonds is 5. The molecule has 4 nitrogen and oxygen atoms in total. The van der Waals surface area contributed by atoms with Crippen molar-refractivity contribution in [3.63, 3.8) is 0 Å². The molecule has 1 N–H and O–H groups in total. The topological polar surface area (TPSA) is 42.7 Å². The number of thioether (sulfide) groups is 1. The summed E-state index contributed by atoms with van der Waals surface area (Å²) in [5.74, 6) is 0. The van der Waals surface area contributed by atoms with Gasteiger partial charge in [0, 0.05) is 18.3 Å². The minimum absolute atomic E-state index is 0.706. The van der Waals surface area contributed by atoms with Crippen LogP contribution in [0.5, 0.6) is 0 Å². The van der Waals surface area contributed by atoms with Crippen molar-refractivity contribution in [3.8, 4) is 0 Å². The zero-order valence-electron chi connectivity index (χ0n) is 10.0. The Morgan fingerprint density at radius 3 is 3.12 bits per heavy atom. The van der Waals surface area contributed by atoms with E-state index < -0.39 is 0 Å². The van der Waals surface area contributed by atoms with Crippen molar-refractivity contribution in [1.82, 2.24) is 20.1 Å². The van der Waals surface area contributed by atoms with Gasteiger partial charge in [0.1, 0.15) is 6.33 Å². The second-order valence-electron chi connectivity index (χ2n) is 4.37. The van der Waals surface area contributed by atoms with Crippen molar-refractivity contribution >= 4 is 11.8 Å². The van der Waals surface area contributed by atoms with E-state index in [1.54, 1.807) is 6.33 Å². The van der Waals surface area contributed by atoms with E-state index >= 15 is 0 Å². The lowest BCUT2D eigenvalue weighted by atomic mass is 10.2. The third-order valence-corrected chi connectivity index (χ3v) is 4.35. The van der Waals surface area contributed by atoms with Gasteiger partial charge in [-0.05, 0) is 32.2 Å². The normalized spacial score (nSPS) is 25.1. The first-order chi connectivity index (χ1) is 7.79. The van der Waals surface area contributed by atoms with Gasteiger partial charge >= 0.3 is 0 Å². The van der Waals surface area contributed by atoms with Crippen LogP contribution in [-0.2, 0) is 7.05 Å². The molecule has 2 unspecified atom stereocenters. The fourth-order valence-corrected chi connectivity index (χ4v) is 3.31. The van der Waals surface area contributed by atoms with Gasteiger partial charge in [0.05, 0.1) is 0 Å². The summed E-state index contributed by atoms with van der Waals surface area (Å²) in [5.41, 5.74) is 0. The Hall–Kier alpha value is -0.550. The monoisotopic (exact) mass is 240 g/mol. The summed E-state index contributed by atoms with van der Waals surface area (Å²) in [5, 5.41) is 9.44. The summed E-state index contributed by atoms with van der Waals surface area (Å²) in [6.07, 6.45) is 6.70. The molecular weight excluding hydrogens is 220 g/mol. The van der Waals surface area contributed by atoms with Gasteiger partial charge in [-0.15, -0.1) is 0 Å². The van der Waals surface area contributed by atoms with Crippen LogP contribution in [0.3, 0.4) is 0 Å². The van der Waals surface area contributed by atoms with E-state index in [1.165, 1.54) is 25.7 Å². The zero-order chi connectivity index (χ0) is 11.4. The molecule has 16 heavy (non-hydrogen) atoms. The van der Waals surface area contributed by atoms with E-state index in [4.69, 9.17) is 0 Å². The Kier molecular flexibility index (Phi) is 4.23. The second kappa shape index (κ2) is 5.68. The second-order valence-corrected chi connectivity index (χ2v) is 5.64. The highest BCUT2D eigenvalue weighted by molar-refractivity contribution is 7.99. The average Bonchev–Trinajstić information content (AvgIpc) is 2.87. The fourth-order valence-electron chi connectivity index (χ4n) is 2.12. The molecule has 90 valence electrons. The molecule has 5 heteroatoms. The number of nitrogens with one attached hydrogen (secondary N) is 1. The zero-order valence-corrected chi connectivity index (χ0v) is 10.8. The molecule has 0 aliphatic heterocycles. The molecule has 1 saturated carbocycles. The highest BCUT2D eigenvalue weighted by Crippen LogP contribution is 2.33. The number of hydrogen-bond donors (Lipinski definition) is 1. The lowest BCUT2D eigenvalue weighted by Crippen LogP contribution is -2.27. The van der Waals surface area contributed by atoms with Gasteiger partial charge in [-0.25, -0.2) is 9.67 Å². The predicted octanol–water partition coefficient (Wildman–Crippen LogP) is 1.83. The maximum Gasteiger partial charge on any atom is 0.186 e. The van der Waals surface area contributed by atoms with Crippen LogP contribution in [0.25, 0.3) is 0 Å². The van der Waals surface area contributed by atoms with Crippen LogP contribution >= 0.6 is 11.8 Å². The van der Waals surface area contributed by atoms with E-state index in [0.29, 0.717) is 11.3 Å². The SMILES string of the molecule is CCCNC1CCC(Sc2ncnn2C)C1. The summed E-state index contributed by atoms with van der Waals surface area (Å²) in [4.78, 5) is 4.26. The first-order valence-corrected chi connectivity index (χ1v) is 6.91. The van der Waals surface area contributed by atoms with Crippen molar-refractivity contribution < 1.29 is 0 Å². The minimum Gasteiger partial charge on any atom is -0.314 e. The Labute approximate surface area is 101 Å². The predicted molar refractivity (Wildman–Crippen MR) is 66.6 cm³/mol. The van der Waals surface area contributed by atoms with Crippen LogP contribution in [-0.4, -0.2) is 32.6 Å². The summed E-state index contributed by atoms with van der Waals surface area (Å²) < 4.78 is 1.86. The molecule has 0 spiro atoms. The van der Waals surface area contributed by atoms with Crippen molar-refractivity contribution in [2.75, 3.05) is 6.54 Å². The molecule has 1 aromatic rings. The van der Waals surface area contributed by atoms with Crippen molar-refractivity contribution in [1.29, 1.82) is 0 Å². The Morgan fingerprint density at radius 1 is 1.56 bits per heavy atom. The van der Waals surface area contributed by atoms with Crippen molar-refractivity contribution in [2.45, 2.75) is 49.1 Å². The Bertz CT molecular complexity index is 326. The van der Waals surface area contributed by atoms with Gasteiger partial charge in [0.2, 0.25) is 0 Å². The molecule has 1 aliphatic carbocycles. The molecule has 0 bridgehead atoms. The smallest absolute Gasteiger partial charge is 0.186 e.